The number of benzene rings is 3. The number of hydrogen-bond acceptors (Lipinski definition) is 4. The summed E-state index contributed by atoms with van der Waals surface area (Å²) in [6.45, 7) is 0.428. The van der Waals surface area contributed by atoms with Crippen LogP contribution in [0.15, 0.2) is 82.4 Å². The second-order valence-electron chi connectivity index (χ2n) is 5.89. The summed E-state index contributed by atoms with van der Waals surface area (Å²) in [5, 5.41) is 4.03. The maximum atomic E-state index is 12.1. The third kappa shape index (κ3) is 5.44. The SMILES string of the molecule is COc1ccc(/C=N\NC(=O)c2cccc(Br)c2)cc1OCc1ccccc1. The van der Waals surface area contributed by atoms with E-state index >= 15 is 0 Å². The standard InChI is InChI=1S/C22H19BrN2O3/c1-27-20-11-10-17(12-21(20)28-15-16-6-3-2-4-7-16)14-24-25-22(26)18-8-5-9-19(23)13-18/h2-14H,15H2,1H3,(H,25,26)/b24-14-. The lowest BCUT2D eigenvalue weighted by Crippen LogP contribution is -2.17. The molecule has 3 aromatic rings. The van der Waals surface area contributed by atoms with Crippen molar-refractivity contribution in [3.05, 3.63) is 94.0 Å². The first-order valence-electron chi connectivity index (χ1n) is 8.59. The van der Waals surface area contributed by atoms with Crippen molar-refractivity contribution in [2.45, 2.75) is 6.61 Å². The van der Waals surface area contributed by atoms with Gasteiger partial charge in [0.05, 0.1) is 13.3 Å². The molecule has 0 heterocycles. The second kappa shape index (κ2) is 9.71. The average molecular weight is 439 g/mol. The number of methoxy groups -OCH3 is 1. The highest BCUT2D eigenvalue weighted by atomic mass is 79.9. The van der Waals surface area contributed by atoms with Crippen LogP contribution in [0.5, 0.6) is 11.5 Å². The zero-order chi connectivity index (χ0) is 19.8. The van der Waals surface area contributed by atoms with Crippen molar-refractivity contribution in [1.82, 2.24) is 5.43 Å². The molecule has 0 atom stereocenters. The number of carbonyl (C=O) groups excluding carboxylic acids is 1. The number of hydrogen-bond donors (Lipinski definition) is 1. The maximum absolute atomic E-state index is 12.1. The van der Waals surface area contributed by atoms with Crippen molar-refractivity contribution in [1.29, 1.82) is 0 Å². The molecule has 0 spiro atoms. The molecule has 0 aromatic heterocycles. The van der Waals surface area contributed by atoms with E-state index in [4.69, 9.17) is 9.47 Å². The minimum absolute atomic E-state index is 0.286. The predicted octanol–water partition coefficient (Wildman–Crippen LogP) is 4.80. The van der Waals surface area contributed by atoms with E-state index in [2.05, 4.69) is 26.5 Å². The molecule has 0 aliphatic heterocycles. The summed E-state index contributed by atoms with van der Waals surface area (Å²) >= 11 is 3.34. The third-order valence-electron chi connectivity index (χ3n) is 3.89. The number of nitrogens with one attached hydrogen (secondary N) is 1. The largest absolute Gasteiger partial charge is 0.493 e. The molecule has 0 fully saturated rings. The molecule has 0 radical (unpaired) electrons. The van der Waals surface area contributed by atoms with E-state index in [0.29, 0.717) is 23.7 Å². The second-order valence-corrected chi connectivity index (χ2v) is 6.81. The van der Waals surface area contributed by atoms with E-state index in [1.165, 1.54) is 0 Å². The van der Waals surface area contributed by atoms with Gasteiger partial charge in [-0.25, -0.2) is 5.43 Å². The average Bonchev–Trinajstić information content (AvgIpc) is 2.73. The molecule has 0 saturated carbocycles. The fraction of sp³-hybridized carbons (Fsp3) is 0.0909. The molecule has 0 bridgehead atoms. The van der Waals surface area contributed by atoms with Gasteiger partial charge in [0.15, 0.2) is 11.5 Å². The van der Waals surface area contributed by atoms with E-state index in [0.717, 1.165) is 15.6 Å². The van der Waals surface area contributed by atoms with Crippen LogP contribution in [0.4, 0.5) is 0 Å². The van der Waals surface area contributed by atoms with Gasteiger partial charge >= 0.3 is 0 Å². The number of hydrazone groups is 1. The Morgan fingerprint density at radius 1 is 1.04 bits per heavy atom. The highest BCUT2D eigenvalue weighted by molar-refractivity contribution is 9.10. The Labute approximate surface area is 172 Å². The van der Waals surface area contributed by atoms with Gasteiger partial charge in [0.2, 0.25) is 0 Å². The van der Waals surface area contributed by atoms with Gasteiger partial charge < -0.3 is 9.47 Å². The summed E-state index contributed by atoms with van der Waals surface area (Å²) in [5.74, 6) is 0.950. The number of rotatable bonds is 7. The Kier molecular flexibility index (Phi) is 6.81. The molecular formula is C22H19BrN2O3. The highest BCUT2D eigenvalue weighted by Crippen LogP contribution is 2.28. The Morgan fingerprint density at radius 2 is 1.86 bits per heavy atom. The van der Waals surface area contributed by atoms with Crippen LogP contribution in [0.1, 0.15) is 21.5 Å². The molecular weight excluding hydrogens is 420 g/mol. The van der Waals surface area contributed by atoms with Crippen LogP contribution in [-0.4, -0.2) is 19.2 Å². The molecule has 5 nitrogen and oxygen atoms in total. The summed E-state index contributed by atoms with van der Waals surface area (Å²) in [6, 6.07) is 22.4. The summed E-state index contributed by atoms with van der Waals surface area (Å²) < 4.78 is 12.1. The lowest BCUT2D eigenvalue weighted by Gasteiger charge is -2.11. The van der Waals surface area contributed by atoms with Gasteiger partial charge in [0, 0.05) is 10.0 Å². The van der Waals surface area contributed by atoms with Crippen molar-refractivity contribution < 1.29 is 14.3 Å². The Bertz CT molecular complexity index is 975. The fourth-order valence-corrected chi connectivity index (χ4v) is 2.88. The molecule has 3 aromatic carbocycles. The van der Waals surface area contributed by atoms with Crippen LogP contribution < -0.4 is 14.9 Å². The quantitative estimate of drug-likeness (QED) is 0.425. The maximum Gasteiger partial charge on any atom is 0.271 e. The molecule has 0 aliphatic rings. The smallest absolute Gasteiger partial charge is 0.271 e. The Balaban J connectivity index is 1.66. The van der Waals surface area contributed by atoms with E-state index < -0.39 is 0 Å². The molecule has 142 valence electrons. The minimum Gasteiger partial charge on any atom is -0.493 e. The molecule has 0 unspecified atom stereocenters. The topological polar surface area (TPSA) is 59.9 Å². The number of ether oxygens (including phenoxy) is 2. The molecule has 3 rings (SSSR count). The first-order chi connectivity index (χ1) is 13.7. The van der Waals surface area contributed by atoms with Gasteiger partial charge in [-0.2, -0.15) is 5.10 Å². The first-order valence-corrected chi connectivity index (χ1v) is 9.39. The van der Waals surface area contributed by atoms with Crippen LogP contribution in [0, 0.1) is 0 Å². The van der Waals surface area contributed by atoms with Gasteiger partial charge in [-0.1, -0.05) is 52.3 Å². The zero-order valence-corrected chi connectivity index (χ0v) is 16.8. The van der Waals surface area contributed by atoms with Gasteiger partial charge in [0.25, 0.3) is 5.91 Å². The molecule has 0 saturated heterocycles. The van der Waals surface area contributed by atoms with Crippen molar-refractivity contribution >= 4 is 28.1 Å². The predicted molar refractivity (Wildman–Crippen MR) is 113 cm³/mol. The minimum atomic E-state index is -0.286. The first kappa shape index (κ1) is 19.6. The lowest BCUT2D eigenvalue weighted by atomic mass is 10.2. The Morgan fingerprint density at radius 3 is 2.61 bits per heavy atom. The summed E-state index contributed by atoms with van der Waals surface area (Å²) in [5.41, 5.74) is 4.88. The number of halogens is 1. The fourth-order valence-electron chi connectivity index (χ4n) is 2.48. The molecule has 0 aliphatic carbocycles. The monoisotopic (exact) mass is 438 g/mol. The zero-order valence-electron chi connectivity index (χ0n) is 15.3. The van der Waals surface area contributed by atoms with Crippen LogP contribution in [0.2, 0.25) is 0 Å². The van der Waals surface area contributed by atoms with Crippen molar-refractivity contribution in [2.24, 2.45) is 5.10 Å². The third-order valence-corrected chi connectivity index (χ3v) is 4.38. The molecule has 1 N–H and O–H groups in total. The summed E-state index contributed by atoms with van der Waals surface area (Å²) in [6.07, 6.45) is 1.56. The number of carbonyl (C=O) groups is 1. The van der Waals surface area contributed by atoms with E-state index in [1.807, 2.05) is 48.5 Å². The van der Waals surface area contributed by atoms with Crippen molar-refractivity contribution in [2.75, 3.05) is 7.11 Å². The van der Waals surface area contributed by atoms with Gasteiger partial charge in [0.1, 0.15) is 6.61 Å². The van der Waals surface area contributed by atoms with Crippen LogP contribution >= 0.6 is 15.9 Å². The van der Waals surface area contributed by atoms with Crippen molar-refractivity contribution in [3.63, 3.8) is 0 Å². The lowest BCUT2D eigenvalue weighted by molar-refractivity contribution is 0.0955. The van der Waals surface area contributed by atoms with Crippen LogP contribution in [0.3, 0.4) is 0 Å². The number of nitrogens with zero attached hydrogens (tertiary/aromatic N) is 1. The van der Waals surface area contributed by atoms with E-state index in [9.17, 15) is 4.79 Å². The summed E-state index contributed by atoms with van der Waals surface area (Å²) in [7, 11) is 1.59. The van der Waals surface area contributed by atoms with E-state index in [-0.39, 0.29) is 5.91 Å². The van der Waals surface area contributed by atoms with Crippen molar-refractivity contribution in [3.8, 4) is 11.5 Å². The Hall–Kier alpha value is -3.12. The molecule has 28 heavy (non-hydrogen) atoms. The van der Waals surface area contributed by atoms with Gasteiger partial charge in [-0.15, -0.1) is 0 Å². The van der Waals surface area contributed by atoms with E-state index in [1.54, 1.807) is 37.6 Å². The molecule has 6 heteroatoms. The van der Waals surface area contributed by atoms with Gasteiger partial charge in [-0.3, -0.25) is 4.79 Å². The summed E-state index contributed by atoms with van der Waals surface area (Å²) in [4.78, 5) is 12.1. The molecule has 1 amide bonds. The number of amides is 1. The van der Waals surface area contributed by atoms with Crippen LogP contribution in [-0.2, 0) is 6.61 Å². The van der Waals surface area contributed by atoms with Gasteiger partial charge in [-0.05, 0) is 47.5 Å². The highest BCUT2D eigenvalue weighted by Gasteiger charge is 2.07. The normalized spacial score (nSPS) is 10.6. The van der Waals surface area contributed by atoms with Crippen LogP contribution in [0.25, 0.3) is 0 Å².